The van der Waals surface area contributed by atoms with Crippen molar-refractivity contribution in [1.29, 1.82) is 0 Å². The Morgan fingerprint density at radius 2 is 0.532 bits per heavy atom. The van der Waals surface area contributed by atoms with Gasteiger partial charge in [-0.1, -0.05) is 0 Å². The molecular weight excluding hydrogens is 1730 g/mol. The molecule has 10 fully saturated rings. The van der Waals surface area contributed by atoms with Gasteiger partial charge in [0.05, 0.1) is 66.1 Å². The summed E-state index contributed by atoms with van der Waals surface area (Å²) in [4.78, 5) is 48.2. The van der Waals surface area contributed by atoms with Gasteiger partial charge in [0.25, 0.3) is 0 Å². The number of hydrogen-bond donors (Lipinski definition) is 33. The van der Waals surface area contributed by atoms with Crippen LogP contribution < -0.4 is 16.0 Å². The standard InChI is InChI=1S/C66H112N3O54P/c1-14(77)67-27-39(89)51(22(9-75)107-57(27)101)117-58-29(69-16(3)79)40(90)52(23(10-76)113-58)118-64-50(100)54(120-66-56(45(95)34(84)21(8-74)112-66)122-63-48(98)43(93)35(85)26(116-63)13-106-124(102,103)123-59-28(68-15(2)78)38(88)30(80)17(4-70)108-59)37(87)25(115-64)12-105-61-49(99)53(36(86)24(114-61)11-104-60-46(96)41(91)31(81)18(5-71)109-60)119-65-55(44(94)33(83)20(7-73)111-65)121-62-47(97)42(92)32(82)19(6-72)110-62/h17-66,70-76,80-101H,4-13H2,1-3H3,(H,67,77)(H,68,78)(H,69,79)(H,102,103)/t17-,18-,19-,20-,21-,22-,23-,24-,25-,26-,27-,28-,29-,30-,31-,32-,33-,34-,35-,36-,37-,38-,39-,40-,41+,42+,43+,44+,45+,46+,47+,48+,49+,50+,51-,52-,53+,54+,55+,56+,57-,58+,59-,60+,61+,62-,63-,64+,65-,66-/m1/s1. The van der Waals surface area contributed by atoms with Crippen LogP contribution in [0.5, 0.6) is 0 Å². The van der Waals surface area contributed by atoms with E-state index in [0.29, 0.717) is 0 Å². The number of rotatable bonds is 33. The molecule has 57 nitrogen and oxygen atoms in total. The number of aliphatic hydroxyl groups is 29. The Morgan fingerprint density at radius 3 is 0.960 bits per heavy atom. The summed E-state index contributed by atoms with van der Waals surface area (Å²) in [6, 6.07) is -5.52. The monoisotopic (exact) mass is 1840 g/mol. The fourth-order valence-corrected chi connectivity index (χ4v) is 16.2. The van der Waals surface area contributed by atoms with E-state index in [1.54, 1.807) is 0 Å². The van der Waals surface area contributed by atoms with Gasteiger partial charge >= 0.3 is 7.82 Å². The van der Waals surface area contributed by atoms with E-state index in [2.05, 4.69) is 16.0 Å². The van der Waals surface area contributed by atoms with Gasteiger partial charge in [0.15, 0.2) is 62.9 Å². The maximum absolute atomic E-state index is 13.6. The van der Waals surface area contributed by atoms with Crippen molar-refractivity contribution in [3.8, 4) is 0 Å². The molecule has 1 unspecified atom stereocenters. The van der Waals surface area contributed by atoms with Crippen molar-refractivity contribution in [1.82, 2.24) is 16.0 Å². The second kappa shape index (κ2) is 44.5. The molecule has 58 heteroatoms. The molecule has 10 aliphatic heterocycles. The van der Waals surface area contributed by atoms with Crippen molar-refractivity contribution in [2.75, 3.05) is 66.1 Å². The Hall–Kier alpha value is -3.36. The Bertz CT molecular complexity index is 3380. The van der Waals surface area contributed by atoms with Crippen LogP contribution in [-0.2, 0) is 113 Å². The van der Waals surface area contributed by atoms with Crippen LogP contribution in [0, 0.1) is 0 Å². The predicted molar refractivity (Wildman–Crippen MR) is 375 cm³/mol. The summed E-state index contributed by atoms with van der Waals surface area (Å²) in [5.74, 6) is -2.71. The maximum atomic E-state index is 13.6. The highest BCUT2D eigenvalue weighted by atomic mass is 31.2. The minimum atomic E-state index is -5.67. The lowest BCUT2D eigenvalue weighted by Gasteiger charge is -2.51. The van der Waals surface area contributed by atoms with Gasteiger partial charge in [-0.3, -0.25) is 23.4 Å². The van der Waals surface area contributed by atoms with E-state index in [0.717, 1.165) is 20.8 Å². The summed E-state index contributed by atoms with van der Waals surface area (Å²) in [5, 5.41) is 329. The van der Waals surface area contributed by atoms with Crippen LogP contribution in [0.25, 0.3) is 0 Å². The number of carbonyl (C=O) groups excluding carboxylic acids is 3. The van der Waals surface area contributed by atoms with Gasteiger partial charge in [-0.25, -0.2) is 4.57 Å². The van der Waals surface area contributed by atoms with Gasteiger partial charge in [0.2, 0.25) is 17.7 Å². The fraction of sp³-hybridized carbons (Fsp3) is 0.955. The molecule has 10 rings (SSSR count). The van der Waals surface area contributed by atoms with Crippen molar-refractivity contribution >= 4 is 25.5 Å². The van der Waals surface area contributed by atoms with E-state index in [1.807, 2.05) is 0 Å². The molecule has 0 spiro atoms. The molecule has 0 radical (unpaired) electrons. The highest BCUT2D eigenvalue weighted by Crippen LogP contribution is 2.48. The van der Waals surface area contributed by atoms with Crippen molar-refractivity contribution < 1.29 is 266 Å². The minimum Gasteiger partial charge on any atom is -0.394 e. The highest BCUT2D eigenvalue weighted by Gasteiger charge is 2.61. The largest absolute Gasteiger partial charge is 0.474 e. The summed E-state index contributed by atoms with van der Waals surface area (Å²) in [5.41, 5.74) is 0. The molecule has 33 N–H and O–H groups in total. The molecule has 124 heavy (non-hydrogen) atoms. The zero-order chi connectivity index (χ0) is 91.4. The van der Waals surface area contributed by atoms with E-state index in [1.165, 1.54) is 0 Å². The SMILES string of the molecule is CC(=O)N[C@@H]1[C@@H](O)[C@H](O[C@@H]2O[C@H](CO)[C@@H](O[C@@H]3O[C@H](CO[C@H]4O[C@H](CO[C@H]5O[C@H](CO)[C@@H](O)[C@H](O)[C@@H]5O)[C@@H](O)[C@H](O[C@H]5O[C@H](CO)[C@@H](O)[C@H](O)[C@@H]5O[C@H]5O[C@H](CO)[C@@H](O)[C@H](O)[C@@H]5O)[C@@H]4O)[C@@H](O)[C@H](O[C@H]4O[C@H](CO)[C@@H](O)[C@H](O)[C@@H]4O[C@H]4O[C@H](COP(=O)(O)O[C@H]5O[C@H](CO)[C@@H](O)[C@H](O)[C@H]5NC(C)=O)[C@@H](O)[C@H](O)[C@@H]4O)[C@@H]3O)[C@H](O)[C@H]2NC(C)=O)[C@@H](CO)O[C@H]1O. The molecule has 3 amide bonds. The summed E-state index contributed by atoms with van der Waals surface area (Å²) in [6.45, 7) is -8.78. The van der Waals surface area contributed by atoms with E-state index in [-0.39, 0.29) is 0 Å². The van der Waals surface area contributed by atoms with Crippen molar-refractivity contribution in [3.05, 3.63) is 0 Å². The summed E-state index contributed by atoms with van der Waals surface area (Å²) >= 11 is 0. The number of phosphoric ester groups is 1. The van der Waals surface area contributed by atoms with Gasteiger partial charge in [-0.15, -0.1) is 0 Å². The highest BCUT2D eigenvalue weighted by molar-refractivity contribution is 7.47. The van der Waals surface area contributed by atoms with E-state index in [4.69, 9.17) is 94.3 Å². The lowest BCUT2D eigenvalue weighted by molar-refractivity contribution is -0.401. The smallest absolute Gasteiger partial charge is 0.394 e. The van der Waals surface area contributed by atoms with Crippen LogP contribution in [-0.4, -0.2) is 544 Å². The zero-order valence-corrected chi connectivity index (χ0v) is 66.5. The van der Waals surface area contributed by atoms with Crippen LogP contribution in [0.4, 0.5) is 0 Å². The number of nitrogens with one attached hydrogen (secondary N) is 3. The van der Waals surface area contributed by atoms with Gasteiger partial charge in [0.1, 0.15) is 244 Å². The minimum absolute atomic E-state index is 0.819. The molecular formula is C66H112N3O54P. The molecule has 10 heterocycles. The number of carbonyl (C=O) groups is 3. The van der Waals surface area contributed by atoms with Crippen molar-refractivity contribution in [2.45, 2.75) is 328 Å². The first-order valence-electron chi connectivity index (χ1n) is 38.9. The number of ether oxygens (including phenoxy) is 18. The second-order valence-corrected chi connectivity index (χ2v) is 32.3. The number of hydrogen-bond acceptors (Lipinski definition) is 53. The topological polar surface area (TPSA) is 896 Å². The third kappa shape index (κ3) is 22.9. The Labute approximate surface area is 699 Å². The lowest BCUT2D eigenvalue weighted by atomic mass is 9.94. The lowest BCUT2D eigenvalue weighted by Crippen LogP contribution is -2.70. The van der Waals surface area contributed by atoms with E-state index < -0.39 is 398 Å². The van der Waals surface area contributed by atoms with E-state index in [9.17, 15) is 172 Å². The molecule has 0 aromatic rings. The number of amides is 3. The van der Waals surface area contributed by atoms with Gasteiger partial charge in [0, 0.05) is 20.8 Å². The average Bonchev–Trinajstić information content (AvgIpc) is 0.768. The van der Waals surface area contributed by atoms with Gasteiger partial charge < -0.3 is 254 Å². The molecule has 0 aromatic heterocycles. The normalized spacial score (nSPS) is 49.7. The molecule has 0 saturated carbocycles. The first-order valence-corrected chi connectivity index (χ1v) is 40.4. The molecule has 10 saturated heterocycles. The second-order valence-electron chi connectivity index (χ2n) is 30.9. The maximum Gasteiger partial charge on any atom is 0.474 e. The molecule has 0 aliphatic carbocycles. The Balaban J connectivity index is 0.980. The number of aliphatic hydroxyl groups excluding tert-OH is 29. The first kappa shape index (κ1) is 103. The molecule has 0 bridgehead atoms. The van der Waals surface area contributed by atoms with Crippen LogP contribution >= 0.6 is 7.82 Å². The summed E-state index contributed by atoms with van der Waals surface area (Å²) in [7, 11) is -5.67. The van der Waals surface area contributed by atoms with Crippen LogP contribution in [0.3, 0.4) is 0 Å². The molecule has 51 atom stereocenters. The first-order chi connectivity index (χ1) is 58.5. The van der Waals surface area contributed by atoms with Gasteiger partial charge in [-0.05, 0) is 0 Å². The van der Waals surface area contributed by atoms with Gasteiger partial charge in [-0.2, -0.15) is 0 Å². The quantitative estimate of drug-likeness (QED) is 0.0271. The molecule has 720 valence electrons. The van der Waals surface area contributed by atoms with Crippen LogP contribution in [0.15, 0.2) is 0 Å². The Kier molecular flexibility index (Phi) is 36.8. The van der Waals surface area contributed by atoms with Crippen molar-refractivity contribution in [3.63, 3.8) is 0 Å². The number of phosphoric acid groups is 1. The zero-order valence-electron chi connectivity index (χ0n) is 65.6. The summed E-state index contributed by atoms with van der Waals surface area (Å²) in [6.07, 6.45) is -104. The fourth-order valence-electron chi connectivity index (χ4n) is 15.4. The van der Waals surface area contributed by atoms with E-state index >= 15 is 0 Å². The summed E-state index contributed by atoms with van der Waals surface area (Å²) < 4.78 is 128. The predicted octanol–water partition coefficient (Wildman–Crippen LogP) is -22.3. The molecule has 10 aliphatic rings. The average molecular weight is 1840 g/mol. The van der Waals surface area contributed by atoms with Crippen LogP contribution in [0.1, 0.15) is 20.8 Å². The molecule has 0 aromatic carbocycles. The third-order valence-electron chi connectivity index (χ3n) is 22.3. The Morgan fingerprint density at radius 1 is 0.258 bits per heavy atom. The van der Waals surface area contributed by atoms with Crippen LogP contribution in [0.2, 0.25) is 0 Å². The van der Waals surface area contributed by atoms with Crippen molar-refractivity contribution in [2.24, 2.45) is 0 Å². The third-order valence-corrected chi connectivity index (χ3v) is 23.2.